The third-order valence-corrected chi connectivity index (χ3v) is 2.95. The molecule has 0 saturated heterocycles. The van der Waals surface area contributed by atoms with E-state index in [0.29, 0.717) is 37.5 Å². The van der Waals surface area contributed by atoms with E-state index in [1.165, 1.54) is 12.5 Å². The number of unbranched alkanes of at least 4 members (excludes halogenated alkanes) is 1. The molecule has 0 spiro atoms. The molecule has 0 fully saturated rings. The van der Waals surface area contributed by atoms with Crippen LogP contribution in [0.25, 0.3) is 11.4 Å². The van der Waals surface area contributed by atoms with Crippen molar-refractivity contribution in [3.8, 4) is 11.4 Å². The molecule has 22 heavy (non-hydrogen) atoms. The Morgan fingerprint density at radius 2 is 2.14 bits per heavy atom. The van der Waals surface area contributed by atoms with Gasteiger partial charge in [0.2, 0.25) is 17.6 Å². The van der Waals surface area contributed by atoms with Crippen molar-refractivity contribution in [2.24, 2.45) is 0 Å². The number of hydrogen-bond acceptors (Lipinski definition) is 6. The van der Waals surface area contributed by atoms with Crippen molar-refractivity contribution >= 4 is 11.9 Å². The lowest BCUT2D eigenvalue weighted by molar-refractivity contribution is -0.137. The minimum atomic E-state index is -0.823. The highest BCUT2D eigenvalue weighted by molar-refractivity contribution is 5.76. The van der Waals surface area contributed by atoms with Gasteiger partial charge in [0.1, 0.15) is 6.26 Å². The molecule has 118 valence electrons. The second kappa shape index (κ2) is 7.96. The van der Waals surface area contributed by atoms with Crippen LogP contribution in [0.4, 0.5) is 0 Å². The maximum absolute atomic E-state index is 11.6. The largest absolute Gasteiger partial charge is 0.481 e. The van der Waals surface area contributed by atoms with E-state index in [2.05, 4.69) is 15.5 Å². The monoisotopic (exact) mass is 307 g/mol. The van der Waals surface area contributed by atoms with E-state index in [1.54, 1.807) is 6.07 Å². The number of amides is 1. The van der Waals surface area contributed by atoms with Crippen molar-refractivity contribution < 1.29 is 23.6 Å². The number of hydrogen-bond donors (Lipinski definition) is 2. The maximum Gasteiger partial charge on any atom is 0.303 e. The summed E-state index contributed by atoms with van der Waals surface area (Å²) in [6.07, 6.45) is 4.94. The smallest absolute Gasteiger partial charge is 0.303 e. The van der Waals surface area contributed by atoms with Crippen molar-refractivity contribution in [1.82, 2.24) is 15.5 Å². The minimum absolute atomic E-state index is 0.120. The fraction of sp³-hybridized carbons (Fsp3) is 0.429. The van der Waals surface area contributed by atoms with E-state index < -0.39 is 5.97 Å². The van der Waals surface area contributed by atoms with Gasteiger partial charge in [-0.2, -0.15) is 4.98 Å². The number of furan rings is 1. The van der Waals surface area contributed by atoms with E-state index in [0.717, 1.165) is 5.56 Å². The van der Waals surface area contributed by atoms with Gasteiger partial charge in [0.05, 0.1) is 11.8 Å². The molecule has 1 amide bonds. The topological polar surface area (TPSA) is 118 Å². The Balaban J connectivity index is 1.65. The van der Waals surface area contributed by atoms with Crippen molar-refractivity contribution in [2.45, 2.75) is 32.1 Å². The van der Waals surface area contributed by atoms with Gasteiger partial charge in [0, 0.05) is 25.8 Å². The Morgan fingerprint density at radius 1 is 1.27 bits per heavy atom. The quantitative estimate of drug-likeness (QED) is 0.676. The summed E-state index contributed by atoms with van der Waals surface area (Å²) >= 11 is 0. The first-order valence-corrected chi connectivity index (χ1v) is 6.99. The summed E-state index contributed by atoms with van der Waals surface area (Å²) in [5.74, 6) is -0.135. The molecule has 8 heteroatoms. The van der Waals surface area contributed by atoms with Gasteiger partial charge in [-0.05, 0) is 18.9 Å². The molecule has 0 saturated carbocycles. The predicted molar refractivity (Wildman–Crippen MR) is 74.8 cm³/mol. The van der Waals surface area contributed by atoms with E-state index in [9.17, 15) is 9.59 Å². The number of carboxylic acid groups (broad SMARTS) is 1. The summed E-state index contributed by atoms with van der Waals surface area (Å²) in [4.78, 5) is 26.1. The molecule has 0 aromatic carbocycles. The van der Waals surface area contributed by atoms with Crippen LogP contribution in [0.3, 0.4) is 0 Å². The number of carbonyl (C=O) groups is 2. The number of nitrogens with one attached hydrogen (secondary N) is 1. The van der Waals surface area contributed by atoms with Gasteiger partial charge in [0.15, 0.2) is 0 Å². The molecule has 0 aliphatic carbocycles. The molecule has 2 heterocycles. The number of nitrogens with zero attached hydrogens (tertiary/aromatic N) is 2. The minimum Gasteiger partial charge on any atom is -0.481 e. The summed E-state index contributed by atoms with van der Waals surface area (Å²) in [5.41, 5.74) is 0.720. The first-order valence-electron chi connectivity index (χ1n) is 6.99. The molecule has 2 aromatic heterocycles. The Bertz CT molecular complexity index is 606. The average molecular weight is 307 g/mol. The normalized spacial score (nSPS) is 10.5. The lowest BCUT2D eigenvalue weighted by atomic mass is 10.2. The highest BCUT2D eigenvalue weighted by atomic mass is 16.5. The zero-order valence-corrected chi connectivity index (χ0v) is 11.9. The maximum atomic E-state index is 11.6. The van der Waals surface area contributed by atoms with Gasteiger partial charge in [-0.3, -0.25) is 9.59 Å². The highest BCUT2D eigenvalue weighted by Crippen LogP contribution is 2.16. The Labute approximate surface area is 126 Å². The van der Waals surface area contributed by atoms with E-state index in [1.807, 2.05) is 0 Å². The zero-order chi connectivity index (χ0) is 15.8. The van der Waals surface area contributed by atoms with E-state index >= 15 is 0 Å². The third kappa shape index (κ3) is 5.04. The van der Waals surface area contributed by atoms with Crippen molar-refractivity contribution in [3.05, 3.63) is 24.5 Å². The molecule has 0 bridgehead atoms. The number of rotatable bonds is 9. The molecular formula is C14H17N3O5. The molecular weight excluding hydrogens is 290 g/mol. The standard InChI is InChI=1S/C14H17N3O5/c18-11(15-7-2-1-3-13(19)20)4-5-12-16-14(17-22-12)10-6-8-21-9-10/h6,8-9H,1-5,7H2,(H,15,18)(H,19,20). The van der Waals surface area contributed by atoms with Crippen molar-refractivity contribution in [1.29, 1.82) is 0 Å². The van der Waals surface area contributed by atoms with Crippen LogP contribution < -0.4 is 5.32 Å². The van der Waals surface area contributed by atoms with Gasteiger partial charge < -0.3 is 19.4 Å². The third-order valence-electron chi connectivity index (χ3n) is 2.95. The number of carbonyl (C=O) groups excluding carboxylic acids is 1. The summed E-state index contributed by atoms with van der Waals surface area (Å²) < 4.78 is 9.99. The summed E-state index contributed by atoms with van der Waals surface area (Å²) in [7, 11) is 0. The number of aliphatic carboxylic acids is 1. The van der Waals surface area contributed by atoms with E-state index in [-0.39, 0.29) is 18.7 Å². The predicted octanol–water partition coefficient (Wildman–Crippen LogP) is 1.63. The SMILES string of the molecule is O=C(O)CCCCNC(=O)CCc1nc(-c2ccoc2)no1. The molecule has 2 rings (SSSR count). The van der Waals surface area contributed by atoms with Gasteiger partial charge >= 0.3 is 5.97 Å². The Kier molecular flexibility index (Phi) is 5.70. The molecule has 2 N–H and O–H groups in total. The Morgan fingerprint density at radius 3 is 2.86 bits per heavy atom. The first-order chi connectivity index (χ1) is 10.6. The van der Waals surface area contributed by atoms with Gasteiger partial charge in [-0.15, -0.1) is 0 Å². The van der Waals surface area contributed by atoms with Crippen LogP contribution in [0.15, 0.2) is 27.5 Å². The lowest BCUT2D eigenvalue weighted by Gasteiger charge is -2.02. The van der Waals surface area contributed by atoms with Gasteiger partial charge in [-0.1, -0.05) is 5.16 Å². The van der Waals surface area contributed by atoms with Crippen molar-refractivity contribution in [2.75, 3.05) is 6.54 Å². The molecule has 0 unspecified atom stereocenters. The van der Waals surface area contributed by atoms with Crippen LogP contribution in [-0.2, 0) is 16.0 Å². The van der Waals surface area contributed by atoms with E-state index in [4.69, 9.17) is 14.0 Å². The summed E-state index contributed by atoms with van der Waals surface area (Å²) in [6.45, 7) is 0.468. The highest BCUT2D eigenvalue weighted by Gasteiger charge is 2.11. The van der Waals surface area contributed by atoms with Gasteiger partial charge in [-0.25, -0.2) is 0 Å². The van der Waals surface area contributed by atoms with Gasteiger partial charge in [0.25, 0.3) is 0 Å². The molecule has 8 nitrogen and oxygen atoms in total. The average Bonchev–Trinajstić information content (AvgIpc) is 3.15. The van der Waals surface area contributed by atoms with Crippen LogP contribution in [0.5, 0.6) is 0 Å². The molecule has 0 aliphatic rings. The first kappa shape index (κ1) is 15.7. The van der Waals surface area contributed by atoms with Crippen molar-refractivity contribution in [3.63, 3.8) is 0 Å². The lowest BCUT2D eigenvalue weighted by Crippen LogP contribution is -2.24. The van der Waals surface area contributed by atoms with Crippen LogP contribution >= 0.6 is 0 Å². The number of carboxylic acids is 1. The number of aryl methyl sites for hydroxylation is 1. The fourth-order valence-corrected chi connectivity index (χ4v) is 1.80. The summed E-state index contributed by atoms with van der Waals surface area (Å²) in [6, 6.07) is 1.72. The van der Waals surface area contributed by atoms with Crippen LogP contribution in [-0.4, -0.2) is 33.7 Å². The van der Waals surface area contributed by atoms with Crippen LogP contribution in [0, 0.1) is 0 Å². The molecule has 0 atom stereocenters. The molecule has 0 radical (unpaired) electrons. The fourth-order valence-electron chi connectivity index (χ4n) is 1.80. The van der Waals surface area contributed by atoms with Crippen LogP contribution in [0.1, 0.15) is 31.6 Å². The van der Waals surface area contributed by atoms with Crippen LogP contribution in [0.2, 0.25) is 0 Å². The Hall–Kier alpha value is -2.64. The second-order valence-corrected chi connectivity index (χ2v) is 4.72. The zero-order valence-electron chi connectivity index (χ0n) is 11.9. The molecule has 2 aromatic rings. The second-order valence-electron chi connectivity index (χ2n) is 4.72. The number of aromatic nitrogens is 2. The molecule has 0 aliphatic heterocycles. The summed E-state index contributed by atoms with van der Waals surface area (Å²) in [5, 5.41) is 15.0.